The van der Waals surface area contributed by atoms with Crippen molar-refractivity contribution in [2.45, 2.75) is 79.8 Å². The number of dihydropyridines is 1. The van der Waals surface area contributed by atoms with Crippen molar-refractivity contribution in [1.82, 2.24) is 10.6 Å². The number of rotatable bonds is 4. The molecule has 0 bridgehead atoms. The number of alkyl halides is 3. The van der Waals surface area contributed by atoms with E-state index in [4.69, 9.17) is 0 Å². The van der Waals surface area contributed by atoms with Gasteiger partial charge in [-0.05, 0) is 50.8 Å². The number of halogens is 3. The monoisotopic (exact) mass is 494 g/mol. The first-order chi connectivity index (χ1) is 15.8. The summed E-state index contributed by atoms with van der Waals surface area (Å²) in [5.41, 5.74) is -1.39. The van der Waals surface area contributed by atoms with Gasteiger partial charge in [0.1, 0.15) is 0 Å². The predicted octanol–water partition coefficient (Wildman–Crippen LogP) is 4.03. The van der Waals surface area contributed by atoms with Crippen LogP contribution in [0, 0.1) is 0 Å². The Bertz CT molecular complexity index is 1290. The highest BCUT2D eigenvalue weighted by Gasteiger charge is 2.59. The Hall–Kier alpha value is -2.69. The molecule has 2 N–H and O–H groups in total. The summed E-state index contributed by atoms with van der Waals surface area (Å²) in [4.78, 5) is 13.5. The Morgan fingerprint density at radius 1 is 1.21 bits per heavy atom. The lowest BCUT2D eigenvalue weighted by atomic mass is 9.61. The van der Waals surface area contributed by atoms with Crippen molar-refractivity contribution >= 4 is 15.7 Å². The van der Waals surface area contributed by atoms with Crippen molar-refractivity contribution < 1.29 is 26.4 Å². The van der Waals surface area contributed by atoms with E-state index in [-0.39, 0.29) is 28.3 Å². The molecule has 2 atom stereocenters. The van der Waals surface area contributed by atoms with Gasteiger partial charge in [-0.15, -0.1) is 5.11 Å². The molecule has 4 aliphatic rings. The largest absolute Gasteiger partial charge is 0.416 e. The average Bonchev–Trinajstić information content (AvgIpc) is 3.51. The Balaban J connectivity index is 1.78. The van der Waals surface area contributed by atoms with Crippen LogP contribution >= 0.6 is 0 Å². The zero-order chi connectivity index (χ0) is 24.7. The summed E-state index contributed by atoms with van der Waals surface area (Å²) in [6.07, 6.45) is -3.18. The lowest BCUT2D eigenvalue weighted by Gasteiger charge is -2.47. The molecule has 0 radical (unpaired) electrons. The fourth-order valence-electron chi connectivity index (χ4n) is 5.41. The van der Waals surface area contributed by atoms with E-state index in [1.807, 2.05) is 13.8 Å². The van der Waals surface area contributed by atoms with Crippen molar-refractivity contribution in [2.75, 3.05) is 0 Å². The predicted molar refractivity (Wildman–Crippen MR) is 117 cm³/mol. The van der Waals surface area contributed by atoms with Crippen molar-refractivity contribution in [2.24, 2.45) is 10.2 Å². The van der Waals surface area contributed by atoms with Crippen LogP contribution in [-0.4, -0.2) is 37.3 Å². The van der Waals surface area contributed by atoms with E-state index in [1.165, 1.54) is 18.2 Å². The van der Waals surface area contributed by atoms with Gasteiger partial charge in [-0.25, -0.2) is 8.42 Å². The number of amides is 1. The SMILES string of the molecule is CC[C@]1(c2cccc(S(=O)(=O)C3CC3)c2)C2=C(CC(C)(C)NC2=O)NC2=C1C(C(F)(F)F)N=N2. The third-order valence-corrected chi connectivity index (χ3v) is 9.28. The average molecular weight is 495 g/mol. The minimum absolute atomic E-state index is 0.0242. The van der Waals surface area contributed by atoms with Crippen molar-refractivity contribution in [3.05, 3.63) is 52.5 Å². The highest BCUT2D eigenvalue weighted by atomic mass is 32.2. The van der Waals surface area contributed by atoms with Gasteiger partial charge in [0.2, 0.25) is 0 Å². The molecule has 34 heavy (non-hydrogen) atoms. The molecule has 7 nitrogen and oxygen atoms in total. The Labute approximate surface area is 195 Å². The van der Waals surface area contributed by atoms with Gasteiger partial charge in [0.25, 0.3) is 5.91 Å². The van der Waals surface area contributed by atoms with Crippen LogP contribution in [0.1, 0.15) is 52.0 Å². The second-order valence-electron chi connectivity index (χ2n) is 9.95. The summed E-state index contributed by atoms with van der Waals surface area (Å²) in [7, 11) is -3.60. The molecule has 0 saturated heterocycles. The van der Waals surface area contributed by atoms with Gasteiger partial charge in [0.05, 0.1) is 21.1 Å². The molecule has 0 spiro atoms. The van der Waals surface area contributed by atoms with Crippen LogP contribution in [0.4, 0.5) is 13.2 Å². The molecule has 1 aliphatic carbocycles. The number of carbonyl (C=O) groups excluding carboxylic acids is 1. The Morgan fingerprint density at radius 3 is 2.53 bits per heavy atom. The summed E-state index contributed by atoms with van der Waals surface area (Å²) >= 11 is 0. The van der Waals surface area contributed by atoms with Gasteiger partial charge in [-0.3, -0.25) is 4.79 Å². The summed E-state index contributed by atoms with van der Waals surface area (Å²) in [6.45, 7) is 5.35. The topological polar surface area (TPSA) is 100.0 Å². The molecule has 3 heterocycles. The normalized spacial score (nSPS) is 28.4. The fraction of sp³-hybridized carbons (Fsp3) is 0.522. The number of hydrogen-bond acceptors (Lipinski definition) is 6. The highest BCUT2D eigenvalue weighted by Crippen LogP contribution is 2.55. The smallest absolute Gasteiger partial charge is 0.347 e. The van der Waals surface area contributed by atoms with E-state index in [0.717, 1.165) is 0 Å². The molecule has 1 fully saturated rings. The summed E-state index contributed by atoms with van der Waals surface area (Å²) in [5.74, 6) is -0.515. The number of carbonyl (C=O) groups is 1. The van der Waals surface area contributed by atoms with Crippen LogP contribution in [0.5, 0.6) is 0 Å². The molecule has 182 valence electrons. The first-order valence-corrected chi connectivity index (χ1v) is 12.8. The van der Waals surface area contributed by atoms with Crippen LogP contribution < -0.4 is 10.6 Å². The number of sulfone groups is 1. The minimum Gasteiger partial charge on any atom is -0.347 e. The van der Waals surface area contributed by atoms with Crippen LogP contribution in [0.2, 0.25) is 0 Å². The number of nitrogens with one attached hydrogen (secondary N) is 2. The molecule has 1 unspecified atom stereocenters. The van der Waals surface area contributed by atoms with Crippen LogP contribution in [0.25, 0.3) is 0 Å². The molecule has 3 aliphatic heterocycles. The first-order valence-electron chi connectivity index (χ1n) is 11.2. The third-order valence-electron chi connectivity index (χ3n) is 7.02. The Kier molecular flexibility index (Phi) is 4.86. The molecule has 1 saturated carbocycles. The van der Waals surface area contributed by atoms with Gasteiger partial charge in [-0.1, -0.05) is 19.1 Å². The third kappa shape index (κ3) is 3.30. The standard InChI is InChI=1S/C23H25F3N4O3S/c1-4-22(12-6-5-7-14(10-12)34(32,33)13-8-9-13)16-15(11-21(2,3)28-20(16)31)27-19-17(22)18(29-30-19)23(24,25)26/h5-7,10,13,18,27H,4,8-9,11H2,1-3H3,(H,28,31)/t18?,22-/m0/s1. The summed E-state index contributed by atoms with van der Waals surface area (Å²) in [5, 5.41) is 12.8. The highest BCUT2D eigenvalue weighted by molar-refractivity contribution is 7.92. The lowest BCUT2D eigenvalue weighted by Crippen LogP contribution is -2.57. The quantitative estimate of drug-likeness (QED) is 0.660. The number of benzene rings is 1. The fourth-order valence-corrected chi connectivity index (χ4v) is 7.11. The van der Waals surface area contributed by atoms with Crippen LogP contribution in [0.3, 0.4) is 0 Å². The molecule has 1 aromatic rings. The molecule has 1 amide bonds. The van der Waals surface area contributed by atoms with E-state index in [1.54, 1.807) is 13.0 Å². The van der Waals surface area contributed by atoms with E-state index in [2.05, 4.69) is 20.9 Å². The van der Waals surface area contributed by atoms with Gasteiger partial charge in [-0.2, -0.15) is 18.3 Å². The second-order valence-corrected chi connectivity index (χ2v) is 12.2. The summed E-state index contributed by atoms with van der Waals surface area (Å²) in [6, 6.07) is 3.77. The van der Waals surface area contributed by atoms with Crippen molar-refractivity contribution in [3.8, 4) is 0 Å². The van der Waals surface area contributed by atoms with Gasteiger partial charge < -0.3 is 10.6 Å². The van der Waals surface area contributed by atoms with Crippen molar-refractivity contribution in [3.63, 3.8) is 0 Å². The molecule has 11 heteroatoms. The zero-order valence-corrected chi connectivity index (χ0v) is 19.8. The molecule has 5 rings (SSSR count). The number of azo groups is 1. The molecular weight excluding hydrogens is 469 g/mol. The first kappa shape index (κ1) is 23.1. The van der Waals surface area contributed by atoms with E-state index in [0.29, 0.717) is 30.5 Å². The number of nitrogens with zero attached hydrogens (tertiary/aromatic N) is 2. The van der Waals surface area contributed by atoms with E-state index in [9.17, 15) is 26.4 Å². The van der Waals surface area contributed by atoms with Gasteiger partial charge in [0, 0.05) is 23.2 Å². The maximum absolute atomic E-state index is 14.1. The van der Waals surface area contributed by atoms with Crippen molar-refractivity contribution in [1.29, 1.82) is 0 Å². The lowest BCUT2D eigenvalue weighted by molar-refractivity contribution is -0.141. The maximum Gasteiger partial charge on any atom is 0.416 e. The maximum atomic E-state index is 14.1. The molecule has 1 aromatic carbocycles. The van der Waals surface area contributed by atoms with Gasteiger partial charge >= 0.3 is 6.18 Å². The minimum atomic E-state index is -4.73. The molecular formula is C23H25F3N4O3S. The van der Waals surface area contributed by atoms with Crippen LogP contribution in [-0.2, 0) is 20.0 Å². The summed E-state index contributed by atoms with van der Waals surface area (Å²) < 4.78 is 68.3. The zero-order valence-electron chi connectivity index (χ0n) is 19.0. The van der Waals surface area contributed by atoms with Gasteiger partial charge in [0.15, 0.2) is 21.7 Å². The Morgan fingerprint density at radius 2 is 1.91 bits per heavy atom. The number of hydrogen-bond donors (Lipinski definition) is 2. The van der Waals surface area contributed by atoms with E-state index >= 15 is 0 Å². The van der Waals surface area contributed by atoms with Crippen LogP contribution in [0.15, 0.2) is 62.1 Å². The van der Waals surface area contributed by atoms with E-state index < -0.39 is 44.2 Å². The molecule has 0 aromatic heterocycles. The second kappa shape index (κ2) is 7.16.